The number of hydrogen-bond donors (Lipinski definition) is 1. The van der Waals surface area contributed by atoms with Gasteiger partial charge in [-0.05, 0) is 29.8 Å². The molecule has 0 saturated carbocycles. The van der Waals surface area contributed by atoms with Crippen LogP contribution in [-0.2, 0) is 17.1 Å². The van der Waals surface area contributed by atoms with E-state index in [1.54, 1.807) is 29.1 Å². The zero-order chi connectivity index (χ0) is 22.2. The van der Waals surface area contributed by atoms with Crippen LogP contribution >= 0.6 is 0 Å². The number of aromatic nitrogens is 3. The molecular weight excluding hydrogens is 424 g/mol. The average molecular weight is 444 g/mol. The second kappa shape index (κ2) is 7.84. The number of nitrogens with one attached hydrogen (secondary N) is 1. The molecule has 31 heavy (non-hydrogen) atoms. The number of ether oxygens (including phenoxy) is 3. The molecular formula is C20H20N4O6S. The van der Waals surface area contributed by atoms with Crippen molar-refractivity contribution in [2.24, 2.45) is 7.05 Å². The number of sulfonamides is 1. The molecule has 11 heteroatoms. The Labute approximate surface area is 178 Å². The lowest BCUT2D eigenvalue weighted by Gasteiger charge is -2.14. The summed E-state index contributed by atoms with van der Waals surface area (Å²) in [6.45, 7) is 0. The fourth-order valence-corrected chi connectivity index (χ4v) is 4.59. The highest BCUT2D eigenvalue weighted by atomic mass is 32.2. The summed E-state index contributed by atoms with van der Waals surface area (Å²) in [5.41, 5.74) is 1.98. The van der Waals surface area contributed by atoms with Gasteiger partial charge >= 0.3 is 0 Å². The Bertz CT molecular complexity index is 1340. The minimum atomic E-state index is -4.14. The zero-order valence-corrected chi connectivity index (χ0v) is 18.1. The molecule has 4 aromatic rings. The first kappa shape index (κ1) is 20.5. The Morgan fingerprint density at radius 1 is 1.00 bits per heavy atom. The molecule has 10 nitrogen and oxygen atoms in total. The molecule has 4 rings (SSSR count). The molecule has 2 aromatic heterocycles. The Kier molecular flexibility index (Phi) is 5.19. The number of anilines is 1. The second-order valence-electron chi connectivity index (χ2n) is 6.58. The standard InChI is InChI=1S/C20H20N4O6S/c1-24-11-13(10-21-24)12-8-16(29-4)18-17(9-12)30-22-20(18)23-31(25,26)19-14(27-2)6-5-7-15(19)28-3/h5-11H,1-4H3,(H,22,23). The molecule has 0 aliphatic rings. The molecule has 0 bridgehead atoms. The van der Waals surface area contributed by atoms with Crippen molar-refractivity contribution < 1.29 is 27.2 Å². The maximum absolute atomic E-state index is 13.2. The molecule has 0 atom stereocenters. The Hall–Kier alpha value is -3.73. The molecule has 0 spiro atoms. The highest BCUT2D eigenvalue weighted by Gasteiger charge is 2.28. The van der Waals surface area contributed by atoms with Crippen molar-refractivity contribution in [1.29, 1.82) is 0 Å². The molecule has 0 aliphatic heterocycles. The minimum Gasteiger partial charge on any atom is -0.496 e. The third-order valence-electron chi connectivity index (χ3n) is 4.68. The number of hydrogen-bond acceptors (Lipinski definition) is 8. The van der Waals surface area contributed by atoms with Gasteiger partial charge in [0, 0.05) is 18.8 Å². The molecule has 0 saturated heterocycles. The molecule has 0 unspecified atom stereocenters. The first-order valence-corrected chi connectivity index (χ1v) is 10.6. The van der Waals surface area contributed by atoms with E-state index in [0.29, 0.717) is 16.7 Å². The third-order valence-corrected chi connectivity index (χ3v) is 6.08. The van der Waals surface area contributed by atoms with Crippen LogP contribution in [0.2, 0.25) is 0 Å². The van der Waals surface area contributed by atoms with Crippen LogP contribution in [0, 0.1) is 0 Å². The number of rotatable bonds is 7. The van der Waals surface area contributed by atoms with Crippen LogP contribution in [-0.4, -0.2) is 44.7 Å². The number of nitrogens with zero attached hydrogens (tertiary/aromatic N) is 3. The first-order chi connectivity index (χ1) is 14.9. The van der Waals surface area contributed by atoms with Crippen LogP contribution in [0.5, 0.6) is 17.2 Å². The normalized spacial score (nSPS) is 11.5. The first-order valence-electron chi connectivity index (χ1n) is 9.08. The van der Waals surface area contributed by atoms with E-state index in [9.17, 15) is 8.42 Å². The molecule has 0 aliphatic carbocycles. The molecule has 0 radical (unpaired) electrons. The topological polar surface area (TPSA) is 118 Å². The van der Waals surface area contributed by atoms with E-state index in [4.69, 9.17) is 18.7 Å². The summed E-state index contributed by atoms with van der Waals surface area (Å²) in [5, 5.41) is 8.46. The van der Waals surface area contributed by atoms with Crippen molar-refractivity contribution in [3.8, 4) is 28.4 Å². The summed E-state index contributed by atoms with van der Waals surface area (Å²) < 4.78 is 51.8. The number of fused-ring (bicyclic) bond motifs is 1. The van der Waals surface area contributed by atoms with Crippen LogP contribution in [0.4, 0.5) is 5.82 Å². The summed E-state index contributed by atoms with van der Waals surface area (Å²) in [5.74, 6) is 0.635. The summed E-state index contributed by atoms with van der Waals surface area (Å²) in [7, 11) is 1.91. The summed E-state index contributed by atoms with van der Waals surface area (Å²) in [6.07, 6.45) is 3.54. The highest BCUT2D eigenvalue weighted by Crippen LogP contribution is 2.39. The van der Waals surface area contributed by atoms with Crippen LogP contribution in [0.3, 0.4) is 0 Å². The van der Waals surface area contributed by atoms with E-state index in [0.717, 1.165) is 11.1 Å². The van der Waals surface area contributed by atoms with Crippen LogP contribution in [0.25, 0.3) is 22.1 Å². The maximum Gasteiger partial charge on any atom is 0.270 e. The molecule has 162 valence electrons. The second-order valence-corrected chi connectivity index (χ2v) is 8.20. The fraction of sp³-hybridized carbons (Fsp3) is 0.200. The smallest absolute Gasteiger partial charge is 0.270 e. The Morgan fingerprint density at radius 3 is 2.26 bits per heavy atom. The predicted octanol–water partition coefficient (Wildman–Crippen LogP) is 3.05. The Balaban J connectivity index is 1.81. The van der Waals surface area contributed by atoms with Crippen LogP contribution in [0.1, 0.15) is 0 Å². The van der Waals surface area contributed by atoms with Gasteiger partial charge in [0.1, 0.15) is 22.6 Å². The monoisotopic (exact) mass is 444 g/mol. The van der Waals surface area contributed by atoms with Gasteiger partial charge in [-0.25, -0.2) is 8.42 Å². The van der Waals surface area contributed by atoms with E-state index in [-0.39, 0.29) is 22.2 Å². The van der Waals surface area contributed by atoms with Gasteiger partial charge in [0.05, 0.1) is 27.5 Å². The lowest BCUT2D eigenvalue weighted by atomic mass is 10.1. The molecule has 2 heterocycles. The fourth-order valence-electron chi connectivity index (χ4n) is 3.26. The molecule has 2 aromatic carbocycles. The maximum atomic E-state index is 13.2. The van der Waals surface area contributed by atoms with Gasteiger partial charge in [-0.3, -0.25) is 9.40 Å². The zero-order valence-electron chi connectivity index (χ0n) is 17.2. The van der Waals surface area contributed by atoms with Crippen molar-refractivity contribution in [3.63, 3.8) is 0 Å². The molecule has 0 fully saturated rings. The minimum absolute atomic E-state index is 0.0162. The Morgan fingerprint density at radius 2 is 1.68 bits per heavy atom. The van der Waals surface area contributed by atoms with Gasteiger partial charge in [-0.1, -0.05) is 11.2 Å². The van der Waals surface area contributed by atoms with Gasteiger partial charge < -0.3 is 18.7 Å². The number of methoxy groups -OCH3 is 3. The van der Waals surface area contributed by atoms with Crippen LogP contribution < -0.4 is 18.9 Å². The van der Waals surface area contributed by atoms with E-state index in [1.165, 1.54) is 33.5 Å². The van der Waals surface area contributed by atoms with Gasteiger partial charge in [-0.2, -0.15) is 5.10 Å². The lowest BCUT2D eigenvalue weighted by molar-refractivity contribution is 0.373. The van der Waals surface area contributed by atoms with E-state index in [1.807, 2.05) is 13.2 Å². The predicted molar refractivity (Wildman–Crippen MR) is 113 cm³/mol. The van der Waals surface area contributed by atoms with Gasteiger partial charge in [0.2, 0.25) is 0 Å². The number of aryl methyl sites for hydroxylation is 1. The largest absolute Gasteiger partial charge is 0.496 e. The molecule has 1 N–H and O–H groups in total. The van der Waals surface area contributed by atoms with Crippen LogP contribution in [0.15, 0.2) is 52.1 Å². The quantitative estimate of drug-likeness (QED) is 0.462. The van der Waals surface area contributed by atoms with Gasteiger partial charge in [0.25, 0.3) is 10.0 Å². The van der Waals surface area contributed by atoms with E-state index < -0.39 is 10.0 Å². The van der Waals surface area contributed by atoms with Gasteiger partial charge in [-0.15, -0.1) is 0 Å². The third kappa shape index (κ3) is 3.63. The van der Waals surface area contributed by atoms with Crippen molar-refractivity contribution in [2.75, 3.05) is 26.1 Å². The summed E-state index contributed by atoms with van der Waals surface area (Å²) >= 11 is 0. The lowest BCUT2D eigenvalue weighted by Crippen LogP contribution is -2.15. The average Bonchev–Trinajstić information content (AvgIpc) is 3.38. The highest BCUT2D eigenvalue weighted by molar-refractivity contribution is 7.93. The van der Waals surface area contributed by atoms with Crippen molar-refractivity contribution in [2.45, 2.75) is 4.90 Å². The SMILES string of the molecule is COc1cccc(OC)c1S(=O)(=O)Nc1noc2cc(-c3cnn(C)c3)cc(OC)c12. The number of benzene rings is 2. The summed E-state index contributed by atoms with van der Waals surface area (Å²) in [6, 6.07) is 8.18. The van der Waals surface area contributed by atoms with E-state index in [2.05, 4.69) is 15.0 Å². The van der Waals surface area contributed by atoms with Crippen molar-refractivity contribution in [3.05, 3.63) is 42.7 Å². The van der Waals surface area contributed by atoms with Gasteiger partial charge in [0.15, 0.2) is 16.3 Å². The molecule has 0 amide bonds. The van der Waals surface area contributed by atoms with Crippen molar-refractivity contribution >= 4 is 26.8 Å². The van der Waals surface area contributed by atoms with Crippen molar-refractivity contribution in [1.82, 2.24) is 14.9 Å². The summed E-state index contributed by atoms with van der Waals surface area (Å²) in [4.78, 5) is -0.151. The van der Waals surface area contributed by atoms with E-state index >= 15 is 0 Å².